The number of hydrogen-bond acceptors (Lipinski definition) is 6. The van der Waals surface area contributed by atoms with Gasteiger partial charge in [0, 0.05) is 13.1 Å². The van der Waals surface area contributed by atoms with E-state index in [2.05, 4.69) is 22.3 Å². The van der Waals surface area contributed by atoms with Crippen LogP contribution >= 0.6 is 0 Å². The maximum atomic E-state index is 13.7. The summed E-state index contributed by atoms with van der Waals surface area (Å²) in [6, 6.07) is 21.0. The fourth-order valence-corrected chi connectivity index (χ4v) is 6.04. The largest absolute Gasteiger partial charge is 0.497 e. The lowest BCUT2D eigenvalue weighted by atomic mass is 10.1. The molecule has 38 heavy (non-hydrogen) atoms. The summed E-state index contributed by atoms with van der Waals surface area (Å²) < 4.78 is 39.0. The number of nitrogens with zero attached hydrogens (tertiary/aromatic N) is 2. The van der Waals surface area contributed by atoms with E-state index in [1.807, 2.05) is 12.1 Å². The molecule has 1 N–H and O–H groups in total. The second-order valence-corrected chi connectivity index (χ2v) is 11.2. The second-order valence-electron chi connectivity index (χ2n) is 9.29. The van der Waals surface area contributed by atoms with Crippen molar-refractivity contribution in [2.24, 2.45) is 0 Å². The van der Waals surface area contributed by atoms with Gasteiger partial charge in [0.1, 0.15) is 18.0 Å². The first-order valence-corrected chi connectivity index (χ1v) is 14.2. The Morgan fingerprint density at radius 3 is 2.32 bits per heavy atom. The van der Waals surface area contributed by atoms with E-state index in [0.29, 0.717) is 18.0 Å². The van der Waals surface area contributed by atoms with Crippen LogP contribution in [-0.4, -0.2) is 53.1 Å². The summed E-state index contributed by atoms with van der Waals surface area (Å²) in [5.74, 6) is 0.463. The van der Waals surface area contributed by atoms with E-state index in [9.17, 15) is 13.2 Å². The van der Waals surface area contributed by atoms with Gasteiger partial charge in [0.15, 0.2) is 0 Å². The second kappa shape index (κ2) is 12.8. The van der Waals surface area contributed by atoms with Gasteiger partial charge in [-0.2, -0.15) is 0 Å². The first kappa shape index (κ1) is 27.5. The fourth-order valence-electron chi connectivity index (χ4n) is 4.61. The number of sulfonamides is 1. The third-order valence-electron chi connectivity index (χ3n) is 6.62. The van der Waals surface area contributed by atoms with Crippen LogP contribution in [0.4, 0.5) is 5.69 Å². The Hall–Kier alpha value is -3.56. The van der Waals surface area contributed by atoms with E-state index < -0.39 is 22.5 Å². The highest BCUT2D eigenvalue weighted by Crippen LogP contribution is 2.32. The van der Waals surface area contributed by atoms with Crippen LogP contribution in [0.5, 0.6) is 11.5 Å². The van der Waals surface area contributed by atoms with Crippen molar-refractivity contribution in [1.82, 2.24) is 10.2 Å². The van der Waals surface area contributed by atoms with Crippen LogP contribution in [-0.2, 0) is 27.9 Å². The minimum absolute atomic E-state index is 0.0439. The van der Waals surface area contributed by atoms with Gasteiger partial charge >= 0.3 is 0 Å². The first-order chi connectivity index (χ1) is 18.4. The number of carbonyl (C=O) groups is 1. The average molecular weight is 538 g/mol. The molecule has 0 bridgehead atoms. The number of benzene rings is 3. The maximum Gasteiger partial charge on any atom is 0.264 e. The zero-order chi connectivity index (χ0) is 27.0. The Morgan fingerprint density at radius 2 is 1.61 bits per heavy atom. The van der Waals surface area contributed by atoms with Crippen molar-refractivity contribution in [3.63, 3.8) is 0 Å². The van der Waals surface area contributed by atoms with Crippen LogP contribution in [0.3, 0.4) is 0 Å². The van der Waals surface area contributed by atoms with Crippen molar-refractivity contribution >= 4 is 21.6 Å². The van der Waals surface area contributed by atoms with Crippen molar-refractivity contribution in [3.05, 3.63) is 83.9 Å². The average Bonchev–Trinajstić information content (AvgIpc) is 2.95. The highest BCUT2D eigenvalue weighted by molar-refractivity contribution is 7.92. The fraction of sp³-hybridized carbons (Fsp3) is 0.345. The van der Waals surface area contributed by atoms with Gasteiger partial charge in [-0.1, -0.05) is 42.8 Å². The molecule has 8 nitrogen and oxygen atoms in total. The van der Waals surface area contributed by atoms with Gasteiger partial charge < -0.3 is 14.8 Å². The summed E-state index contributed by atoms with van der Waals surface area (Å²) in [5.41, 5.74) is 2.45. The van der Waals surface area contributed by atoms with Crippen LogP contribution in [0.15, 0.2) is 77.7 Å². The molecule has 4 rings (SSSR count). The molecule has 0 radical (unpaired) electrons. The van der Waals surface area contributed by atoms with Gasteiger partial charge in [0.25, 0.3) is 10.0 Å². The van der Waals surface area contributed by atoms with Crippen molar-refractivity contribution in [3.8, 4) is 11.5 Å². The summed E-state index contributed by atoms with van der Waals surface area (Å²) in [6.07, 6.45) is 3.76. The molecule has 1 fully saturated rings. The Bertz CT molecular complexity index is 1320. The van der Waals surface area contributed by atoms with Gasteiger partial charge in [-0.15, -0.1) is 0 Å². The SMILES string of the molecule is COc1ccc(S(=O)(=O)N(CC(=O)NCc2cccc(CN3CCCCC3)c2)c2ccccc2OC)cc1. The number of methoxy groups -OCH3 is 2. The predicted molar refractivity (Wildman–Crippen MR) is 148 cm³/mol. The lowest BCUT2D eigenvalue weighted by Gasteiger charge is -2.26. The van der Waals surface area contributed by atoms with Crippen molar-refractivity contribution in [2.45, 2.75) is 37.2 Å². The molecule has 1 aliphatic heterocycles. The number of para-hydroxylation sites is 2. The number of likely N-dealkylation sites (tertiary alicyclic amines) is 1. The van der Waals surface area contributed by atoms with Crippen molar-refractivity contribution in [2.75, 3.05) is 38.2 Å². The smallest absolute Gasteiger partial charge is 0.264 e. The maximum absolute atomic E-state index is 13.7. The van der Waals surface area contributed by atoms with Gasteiger partial charge in [-0.3, -0.25) is 14.0 Å². The Morgan fingerprint density at radius 1 is 0.895 bits per heavy atom. The normalized spacial score (nSPS) is 14.1. The summed E-state index contributed by atoms with van der Waals surface area (Å²) in [5, 5.41) is 2.89. The minimum Gasteiger partial charge on any atom is -0.497 e. The molecule has 1 amide bonds. The lowest BCUT2D eigenvalue weighted by molar-refractivity contribution is -0.119. The van der Waals surface area contributed by atoms with Gasteiger partial charge in [-0.05, 0) is 73.5 Å². The van der Waals surface area contributed by atoms with Crippen LogP contribution in [0, 0.1) is 0 Å². The monoisotopic (exact) mass is 537 g/mol. The molecule has 0 saturated carbocycles. The standard InChI is InChI=1S/C29H35N3O5S/c1-36-25-13-15-26(16-14-25)38(34,35)32(27-11-4-5-12-28(27)37-2)22-29(33)30-20-23-9-8-10-24(19-23)21-31-17-6-3-7-18-31/h4-5,8-16,19H,3,6-7,17-18,20-22H2,1-2H3,(H,30,33). The molecule has 3 aromatic rings. The molecule has 0 unspecified atom stereocenters. The molecule has 1 saturated heterocycles. The van der Waals surface area contributed by atoms with Crippen molar-refractivity contribution in [1.29, 1.82) is 0 Å². The number of carbonyl (C=O) groups excluding carboxylic acids is 1. The molecule has 0 aliphatic carbocycles. The van der Waals surface area contributed by atoms with E-state index in [-0.39, 0.29) is 10.6 Å². The summed E-state index contributed by atoms with van der Waals surface area (Å²) >= 11 is 0. The minimum atomic E-state index is -4.08. The van der Waals surface area contributed by atoms with Gasteiger partial charge in [-0.25, -0.2) is 8.42 Å². The Balaban J connectivity index is 1.50. The zero-order valence-electron chi connectivity index (χ0n) is 21.9. The summed E-state index contributed by atoms with van der Waals surface area (Å²) in [6.45, 7) is 3.02. The van der Waals surface area contributed by atoms with E-state index in [4.69, 9.17) is 9.47 Å². The number of rotatable bonds is 11. The molecule has 3 aromatic carbocycles. The van der Waals surface area contributed by atoms with Crippen LogP contribution in [0.2, 0.25) is 0 Å². The number of ether oxygens (including phenoxy) is 2. The molecular formula is C29H35N3O5S. The summed E-state index contributed by atoms with van der Waals surface area (Å²) in [7, 11) is -1.10. The summed E-state index contributed by atoms with van der Waals surface area (Å²) in [4.78, 5) is 15.6. The van der Waals surface area contributed by atoms with E-state index in [1.165, 1.54) is 51.2 Å². The molecule has 1 heterocycles. The molecule has 0 aromatic heterocycles. The third kappa shape index (κ3) is 6.85. The number of anilines is 1. The molecule has 1 aliphatic rings. The van der Waals surface area contributed by atoms with Crippen LogP contribution in [0.1, 0.15) is 30.4 Å². The van der Waals surface area contributed by atoms with E-state index >= 15 is 0 Å². The lowest BCUT2D eigenvalue weighted by Crippen LogP contribution is -2.40. The Labute approximate surface area is 225 Å². The third-order valence-corrected chi connectivity index (χ3v) is 8.40. The Kier molecular flexibility index (Phi) is 9.25. The molecule has 202 valence electrons. The molecule has 9 heteroatoms. The van der Waals surface area contributed by atoms with Crippen LogP contribution < -0.4 is 19.1 Å². The first-order valence-electron chi connectivity index (χ1n) is 12.8. The highest BCUT2D eigenvalue weighted by Gasteiger charge is 2.29. The topological polar surface area (TPSA) is 88.2 Å². The molecule has 0 atom stereocenters. The van der Waals surface area contributed by atoms with E-state index in [0.717, 1.165) is 29.5 Å². The number of hydrogen-bond donors (Lipinski definition) is 1. The highest BCUT2D eigenvalue weighted by atomic mass is 32.2. The van der Waals surface area contributed by atoms with Crippen LogP contribution in [0.25, 0.3) is 0 Å². The molecular weight excluding hydrogens is 502 g/mol. The van der Waals surface area contributed by atoms with Crippen molar-refractivity contribution < 1.29 is 22.7 Å². The quantitative estimate of drug-likeness (QED) is 0.395. The number of nitrogens with one attached hydrogen (secondary N) is 1. The van der Waals surface area contributed by atoms with Gasteiger partial charge in [0.05, 0.1) is 24.8 Å². The number of piperidine rings is 1. The van der Waals surface area contributed by atoms with E-state index in [1.54, 1.807) is 36.4 Å². The predicted octanol–water partition coefficient (Wildman–Crippen LogP) is 4.20. The molecule has 0 spiro atoms. The number of amides is 1. The van der Waals surface area contributed by atoms with Gasteiger partial charge in [0.2, 0.25) is 5.91 Å². The zero-order valence-corrected chi connectivity index (χ0v) is 22.7.